The third kappa shape index (κ3) is 3.04. The van der Waals surface area contributed by atoms with Crippen molar-refractivity contribution in [3.8, 4) is 0 Å². The first kappa shape index (κ1) is 14.2. The summed E-state index contributed by atoms with van der Waals surface area (Å²) in [7, 11) is 1.96. The van der Waals surface area contributed by atoms with Crippen molar-refractivity contribution in [1.82, 2.24) is 20.3 Å². The fourth-order valence-corrected chi connectivity index (χ4v) is 2.45. The second kappa shape index (κ2) is 6.30. The van der Waals surface area contributed by atoms with Gasteiger partial charge in [0, 0.05) is 11.0 Å². The van der Waals surface area contributed by atoms with E-state index in [9.17, 15) is 0 Å². The molecule has 0 spiro atoms. The van der Waals surface area contributed by atoms with E-state index in [0.717, 1.165) is 23.1 Å². The van der Waals surface area contributed by atoms with E-state index >= 15 is 0 Å². The van der Waals surface area contributed by atoms with Gasteiger partial charge >= 0.3 is 0 Å². The van der Waals surface area contributed by atoms with Gasteiger partial charge in [-0.05, 0) is 37.6 Å². The number of halogens is 1. The van der Waals surface area contributed by atoms with Gasteiger partial charge in [-0.15, -0.1) is 5.10 Å². The predicted molar refractivity (Wildman–Crippen MR) is 80.1 cm³/mol. The Hall–Kier alpha value is -1.20. The Kier molecular flexibility index (Phi) is 4.71. The fraction of sp³-hybridized carbons (Fsp3) is 0.429. The highest BCUT2D eigenvalue weighted by Crippen LogP contribution is 2.25. The van der Waals surface area contributed by atoms with E-state index < -0.39 is 0 Å². The minimum Gasteiger partial charge on any atom is -0.308 e. The van der Waals surface area contributed by atoms with Gasteiger partial charge in [-0.3, -0.25) is 0 Å². The summed E-state index contributed by atoms with van der Waals surface area (Å²) in [6.45, 7) is 5.13. The number of nitrogens with zero attached hydrogens (tertiary/aromatic N) is 3. The van der Waals surface area contributed by atoms with Crippen LogP contribution >= 0.6 is 15.9 Å². The summed E-state index contributed by atoms with van der Waals surface area (Å²) in [6.07, 6.45) is 2.89. The summed E-state index contributed by atoms with van der Waals surface area (Å²) in [5.41, 5.74) is 3.56. The normalized spacial score (nSPS) is 12.6. The molecular weight excluding hydrogens is 304 g/mol. The molecule has 1 aromatic heterocycles. The van der Waals surface area contributed by atoms with Gasteiger partial charge in [0.25, 0.3) is 0 Å². The molecule has 2 aromatic rings. The van der Waals surface area contributed by atoms with Crippen LogP contribution in [0.2, 0.25) is 0 Å². The van der Waals surface area contributed by atoms with Crippen molar-refractivity contribution in [2.75, 3.05) is 7.05 Å². The Morgan fingerprint density at radius 2 is 2.21 bits per heavy atom. The van der Waals surface area contributed by atoms with Crippen molar-refractivity contribution in [1.29, 1.82) is 0 Å². The summed E-state index contributed by atoms with van der Waals surface area (Å²) in [4.78, 5) is 0. The quantitative estimate of drug-likeness (QED) is 0.919. The summed E-state index contributed by atoms with van der Waals surface area (Å²) < 4.78 is 3.10. The average Bonchev–Trinajstić information content (AvgIpc) is 2.83. The van der Waals surface area contributed by atoms with Crippen LogP contribution in [0.15, 0.2) is 28.9 Å². The van der Waals surface area contributed by atoms with Crippen LogP contribution in [0.3, 0.4) is 0 Å². The second-order valence-corrected chi connectivity index (χ2v) is 5.47. The van der Waals surface area contributed by atoms with Gasteiger partial charge in [-0.1, -0.05) is 40.2 Å². The first-order valence-corrected chi connectivity index (χ1v) is 7.28. The summed E-state index contributed by atoms with van der Waals surface area (Å²) >= 11 is 3.54. The number of rotatable bonds is 5. The van der Waals surface area contributed by atoms with Crippen LogP contribution in [-0.4, -0.2) is 22.0 Å². The number of benzene rings is 1. The summed E-state index contributed by atoms with van der Waals surface area (Å²) in [5.74, 6) is 0. The standard InChI is InChI=1S/C14H19BrN4/c1-4-7-19-13(9-17-18-19)14(16-3)11-5-6-12(15)10(2)8-11/h5-6,8-9,14,16H,4,7H2,1-3H3. The highest BCUT2D eigenvalue weighted by atomic mass is 79.9. The van der Waals surface area contributed by atoms with Gasteiger partial charge in [0.1, 0.15) is 0 Å². The minimum absolute atomic E-state index is 0.119. The molecule has 19 heavy (non-hydrogen) atoms. The first-order valence-electron chi connectivity index (χ1n) is 6.49. The molecule has 1 heterocycles. The average molecular weight is 323 g/mol. The van der Waals surface area contributed by atoms with Crippen molar-refractivity contribution in [2.45, 2.75) is 32.9 Å². The molecule has 1 N–H and O–H groups in total. The molecule has 0 fully saturated rings. The predicted octanol–water partition coefficient (Wildman–Crippen LogP) is 3.07. The van der Waals surface area contributed by atoms with Crippen LogP contribution in [0.5, 0.6) is 0 Å². The van der Waals surface area contributed by atoms with Gasteiger partial charge in [0.05, 0.1) is 17.9 Å². The number of hydrogen-bond donors (Lipinski definition) is 1. The van der Waals surface area contributed by atoms with E-state index in [4.69, 9.17) is 0 Å². The molecule has 0 aliphatic rings. The highest BCUT2D eigenvalue weighted by molar-refractivity contribution is 9.10. The topological polar surface area (TPSA) is 42.7 Å². The number of nitrogens with one attached hydrogen (secondary N) is 1. The molecule has 0 aliphatic carbocycles. The molecule has 4 nitrogen and oxygen atoms in total. The maximum atomic E-state index is 4.16. The van der Waals surface area contributed by atoms with Crippen LogP contribution in [-0.2, 0) is 6.54 Å². The maximum absolute atomic E-state index is 4.16. The van der Waals surface area contributed by atoms with Crippen LogP contribution < -0.4 is 5.32 Å². The lowest BCUT2D eigenvalue weighted by Crippen LogP contribution is -2.21. The highest BCUT2D eigenvalue weighted by Gasteiger charge is 2.17. The molecule has 0 radical (unpaired) electrons. The lowest BCUT2D eigenvalue weighted by Gasteiger charge is -2.18. The van der Waals surface area contributed by atoms with E-state index in [0.29, 0.717) is 0 Å². The maximum Gasteiger partial charge on any atom is 0.0801 e. The summed E-state index contributed by atoms with van der Waals surface area (Å²) in [5, 5.41) is 11.5. The molecule has 0 aliphatic heterocycles. The van der Waals surface area contributed by atoms with E-state index in [1.165, 1.54) is 11.1 Å². The van der Waals surface area contributed by atoms with Gasteiger partial charge in [0.2, 0.25) is 0 Å². The van der Waals surface area contributed by atoms with Crippen molar-refractivity contribution < 1.29 is 0 Å². The third-order valence-electron chi connectivity index (χ3n) is 3.18. The van der Waals surface area contributed by atoms with Crippen LogP contribution in [0.1, 0.15) is 36.2 Å². The zero-order valence-electron chi connectivity index (χ0n) is 11.5. The van der Waals surface area contributed by atoms with E-state index in [1.54, 1.807) is 0 Å². The molecule has 1 unspecified atom stereocenters. The Morgan fingerprint density at radius 1 is 1.42 bits per heavy atom. The Bertz CT molecular complexity index is 550. The fourth-order valence-electron chi connectivity index (χ4n) is 2.21. The molecule has 1 aromatic carbocycles. The molecular formula is C14H19BrN4. The van der Waals surface area contributed by atoms with E-state index in [2.05, 4.69) is 63.6 Å². The van der Waals surface area contributed by atoms with Crippen molar-refractivity contribution in [2.24, 2.45) is 0 Å². The number of aryl methyl sites for hydroxylation is 2. The molecule has 1 atom stereocenters. The first-order chi connectivity index (χ1) is 9.17. The van der Waals surface area contributed by atoms with Gasteiger partial charge in [-0.25, -0.2) is 4.68 Å². The Balaban J connectivity index is 2.38. The van der Waals surface area contributed by atoms with Gasteiger partial charge in [-0.2, -0.15) is 0 Å². The summed E-state index contributed by atoms with van der Waals surface area (Å²) in [6, 6.07) is 6.52. The number of aromatic nitrogens is 3. The molecule has 0 bridgehead atoms. The molecule has 2 rings (SSSR count). The molecule has 0 amide bonds. The van der Waals surface area contributed by atoms with Crippen LogP contribution in [0, 0.1) is 6.92 Å². The smallest absolute Gasteiger partial charge is 0.0801 e. The van der Waals surface area contributed by atoms with Crippen LogP contribution in [0.4, 0.5) is 0 Å². The lowest BCUT2D eigenvalue weighted by molar-refractivity contribution is 0.523. The van der Waals surface area contributed by atoms with Crippen molar-refractivity contribution >= 4 is 15.9 Å². The number of hydrogen-bond acceptors (Lipinski definition) is 3. The monoisotopic (exact) mass is 322 g/mol. The van der Waals surface area contributed by atoms with E-state index in [1.807, 2.05) is 17.9 Å². The van der Waals surface area contributed by atoms with Crippen molar-refractivity contribution in [3.63, 3.8) is 0 Å². The third-order valence-corrected chi connectivity index (χ3v) is 4.07. The zero-order valence-corrected chi connectivity index (χ0v) is 13.1. The zero-order chi connectivity index (χ0) is 13.8. The molecule has 0 saturated carbocycles. The van der Waals surface area contributed by atoms with Gasteiger partial charge < -0.3 is 5.32 Å². The Labute approximate surface area is 122 Å². The lowest BCUT2D eigenvalue weighted by atomic mass is 10.0. The molecule has 102 valence electrons. The molecule has 5 heteroatoms. The van der Waals surface area contributed by atoms with Crippen LogP contribution in [0.25, 0.3) is 0 Å². The second-order valence-electron chi connectivity index (χ2n) is 4.61. The Morgan fingerprint density at radius 3 is 2.84 bits per heavy atom. The SMILES string of the molecule is CCCn1nncc1C(NC)c1ccc(Br)c(C)c1. The molecule has 0 saturated heterocycles. The van der Waals surface area contributed by atoms with Crippen molar-refractivity contribution in [3.05, 3.63) is 45.7 Å². The largest absolute Gasteiger partial charge is 0.308 e. The minimum atomic E-state index is 0.119. The van der Waals surface area contributed by atoms with E-state index in [-0.39, 0.29) is 6.04 Å². The van der Waals surface area contributed by atoms with Gasteiger partial charge in [0.15, 0.2) is 0 Å².